The van der Waals surface area contributed by atoms with E-state index in [1.165, 1.54) is 0 Å². The maximum absolute atomic E-state index is 12.4. The molecular weight excluding hydrogens is 311 g/mol. The van der Waals surface area contributed by atoms with Gasteiger partial charge in [0.2, 0.25) is 0 Å². The van der Waals surface area contributed by atoms with Gasteiger partial charge < -0.3 is 10.1 Å². The zero-order valence-electron chi connectivity index (χ0n) is 12.5. The van der Waals surface area contributed by atoms with Crippen molar-refractivity contribution in [3.63, 3.8) is 0 Å². The molecule has 1 saturated carbocycles. The normalized spacial score (nSPS) is 16.0. The lowest BCUT2D eigenvalue weighted by Crippen LogP contribution is -2.38. The monoisotopic (exact) mass is 329 g/mol. The molecule has 1 aromatic rings. The zero-order valence-corrected chi connectivity index (χ0v) is 12.5. The van der Waals surface area contributed by atoms with Crippen LogP contribution < -0.4 is 5.32 Å². The topological polar surface area (TPSA) is 55.4 Å². The summed E-state index contributed by atoms with van der Waals surface area (Å²) in [5.74, 6) is -1.21. The number of amides is 1. The lowest BCUT2D eigenvalue weighted by Gasteiger charge is -2.22. The Balaban J connectivity index is 1.81. The van der Waals surface area contributed by atoms with Crippen molar-refractivity contribution in [2.24, 2.45) is 0 Å². The molecule has 0 unspecified atom stereocenters. The fourth-order valence-electron chi connectivity index (χ4n) is 2.53. The number of carbonyl (C=O) groups excluding carboxylic acids is 2. The highest BCUT2D eigenvalue weighted by molar-refractivity contribution is 5.91. The molecule has 1 aromatic carbocycles. The summed E-state index contributed by atoms with van der Waals surface area (Å²) >= 11 is 0. The van der Waals surface area contributed by atoms with Gasteiger partial charge >= 0.3 is 12.1 Å². The number of esters is 1. The molecule has 1 aliphatic rings. The molecule has 0 aliphatic heterocycles. The minimum absolute atomic E-state index is 0.0246. The third-order valence-electron chi connectivity index (χ3n) is 3.75. The molecule has 0 saturated heterocycles. The Hall–Kier alpha value is -2.05. The first-order valence-corrected chi connectivity index (χ1v) is 7.50. The molecule has 0 spiro atoms. The second-order valence-electron chi connectivity index (χ2n) is 5.55. The number of benzene rings is 1. The van der Waals surface area contributed by atoms with Crippen molar-refractivity contribution in [1.29, 1.82) is 0 Å². The molecule has 0 atom stereocenters. The second-order valence-corrected chi connectivity index (χ2v) is 5.55. The number of hydrogen-bond acceptors (Lipinski definition) is 3. The first-order valence-electron chi connectivity index (χ1n) is 7.50. The first kappa shape index (κ1) is 17.3. The minimum Gasteiger partial charge on any atom is -0.452 e. The minimum atomic E-state index is -4.46. The fourth-order valence-corrected chi connectivity index (χ4v) is 2.53. The SMILES string of the molecule is O=C(COC(=O)c1ccc(C(F)(F)F)cc1)NC1CCCCC1. The molecular formula is C16H18F3NO3. The van der Waals surface area contributed by atoms with Crippen LogP contribution in [0, 0.1) is 0 Å². The number of carbonyl (C=O) groups is 2. The van der Waals surface area contributed by atoms with E-state index in [2.05, 4.69) is 5.32 Å². The van der Waals surface area contributed by atoms with Gasteiger partial charge in [-0.3, -0.25) is 4.79 Å². The van der Waals surface area contributed by atoms with Crippen molar-refractivity contribution in [2.75, 3.05) is 6.61 Å². The van der Waals surface area contributed by atoms with Gasteiger partial charge in [0.1, 0.15) is 0 Å². The predicted octanol–water partition coefficient (Wildman–Crippen LogP) is 3.31. The van der Waals surface area contributed by atoms with Crippen molar-refractivity contribution in [3.8, 4) is 0 Å². The molecule has 0 aromatic heterocycles. The molecule has 1 amide bonds. The lowest BCUT2D eigenvalue weighted by molar-refractivity contribution is -0.137. The highest BCUT2D eigenvalue weighted by atomic mass is 19.4. The van der Waals surface area contributed by atoms with Gasteiger partial charge in [0, 0.05) is 6.04 Å². The van der Waals surface area contributed by atoms with Crippen molar-refractivity contribution < 1.29 is 27.5 Å². The lowest BCUT2D eigenvalue weighted by atomic mass is 9.95. The Morgan fingerprint density at radius 1 is 1.09 bits per heavy atom. The Bertz CT molecular complexity index is 549. The molecule has 0 radical (unpaired) electrons. The number of hydrogen-bond donors (Lipinski definition) is 1. The summed E-state index contributed by atoms with van der Waals surface area (Å²) in [6.45, 7) is -0.434. The Morgan fingerprint density at radius 2 is 1.70 bits per heavy atom. The molecule has 23 heavy (non-hydrogen) atoms. The van der Waals surface area contributed by atoms with Gasteiger partial charge in [-0.25, -0.2) is 4.79 Å². The summed E-state index contributed by atoms with van der Waals surface area (Å²) in [5, 5.41) is 2.79. The number of ether oxygens (including phenoxy) is 1. The number of nitrogens with one attached hydrogen (secondary N) is 1. The Morgan fingerprint density at radius 3 is 2.26 bits per heavy atom. The third kappa shape index (κ3) is 5.26. The van der Waals surface area contributed by atoms with E-state index >= 15 is 0 Å². The molecule has 1 N–H and O–H groups in total. The largest absolute Gasteiger partial charge is 0.452 e. The van der Waals surface area contributed by atoms with E-state index in [0.717, 1.165) is 56.4 Å². The number of rotatable bonds is 4. The Kier molecular flexibility index (Phi) is 5.63. The van der Waals surface area contributed by atoms with E-state index in [9.17, 15) is 22.8 Å². The van der Waals surface area contributed by atoms with E-state index in [1.54, 1.807) is 0 Å². The van der Waals surface area contributed by atoms with E-state index in [0.29, 0.717) is 0 Å². The van der Waals surface area contributed by atoms with E-state index in [4.69, 9.17) is 4.74 Å². The summed E-state index contributed by atoms with van der Waals surface area (Å²) < 4.78 is 42.1. The van der Waals surface area contributed by atoms with Crippen molar-refractivity contribution in [3.05, 3.63) is 35.4 Å². The van der Waals surface area contributed by atoms with Crippen LogP contribution in [0.5, 0.6) is 0 Å². The van der Waals surface area contributed by atoms with E-state index < -0.39 is 30.2 Å². The van der Waals surface area contributed by atoms with Gasteiger partial charge in [0.15, 0.2) is 6.61 Å². The molecule has 126 valence electrons. The molecule has 0 bridgehead atoms. The summed E-state index contributed by atoms with van der Waals surface area (Å²) in [5.41, 5.74) is -0.868. The van der Waals surface area contributed by atoms with Crippen molar-refractivity contribution in [2.45, 2.75) is 44.3 Å². The van der Waals surface area contributed by atoms with Gasteiger partial charge in [-0.15, -0.1) is 0 Å². The van der Waals surface area contributed by atoms with Crippen LogP contribution in [0.25, 0.3) is 0 Å². The molecule has 1 fully saturated rings. The third-order valence-corrected chi connectivity index (χ3v) is 3.75. The summed E-state index contributed by atoms with van der Waals surface area (Å²) in [6.07, 6.45) is 0.668. The second kappa shape index (κ2) is 7.48. The van der Waals surface area contributed by atoms with Crippen molar-refractivity contribution >= 4 is 11.9 Å². The standard InChI is InChI=1S/C16H18F3NO3/c17-16(18,19)12-8-6-11(7-9-12)15(22)23-10-14(21)20-13-4-2-1-3-5-13/h6-9,13H,1-5,10H2,(H,20,21). The zero-order chi connectivity index (χ0) is 16.9. The Labute approximate surface area is 132 Å². The van der Waals surface area contributed by atoms with Crippen LogP contribution in [0.3, 0.4) is 0 Å². The first-order chi connectivity index (χ1) is 10.9. The molecule has 4 nitrogen and oxygen atoms in total. The van der Waals surface area contributed by atoms with Gasteiger partial charge in [-0.05, 0) is 37.1 Å². The maximum Gasteiger partial charge on any atom is 0.416 e. The molecule has 1 aliphatic carbocycles. The molecule has 7 heteroatoms. The van der Waals surface area contributed by atoms with Gasteiger partial charge in [0.25, 0.3) is 5.91 Å². The molecule has 2 rings (SSSR count). The molecule has 0 heterocycles. The van der Waals surface area contributed by atoms with Crippen LogP contribution in [0.4, 0.5) is 13.2 Å². The summed E-state index contributed by atoms with van der Waals surface area (Å²) in [7, 11) is 0. The van der Waals surface area contributed by atoms with Crippen LogP contribution in [0.1, 0.15) is 48.0 Å². The number of alkyl halides is 3. The highest BCUT2D eigenvalue weighted by Crippen LogP contribution is 2.29. The van der Waals surface area contributed by atoms with E-state index in [-0.39, 0.29) is 11.6 Å². The predicted molar refractivity (Wildman–Crippen MR) is 76.7 cm³/mol. The van der Waals surface area contributed by atoms with Crippen molar-refractivity contribution in [1.82, 2.24) is 5.32 Å². The van der Waals surface area contributed by atoms with Gasteiger partial charge in [-0.1, -0.05) is 19.3 Å². The van der Waals surface area contributed by atoms with Crippen LogP contribution in [0.2, 0.25) is 0 Å². The summed E-state index contributed by atoms with van der Waals surface area (Å²) in [6, 6.07) is 3.78. The van der Waals surface area contributed by atoms with Crippen LogP contribution >= 0.6 is 0 Å². The average Bonchev–Trinajstić information content (AvgIpc) is 2.53. The van der Waals surface area contributed by atoms with Crippen LogP contribution in [-0.2, 0) is 15.7 Å². The summed E-state index contributed by atoms with van der Waals surface area (Å²) in [4.78, 5) is 23.4. The van der Waals surface area contributed by atoms with Crippen LogP contribution in [0.15, 0.2) is 24.3 Å². The van der Waals surface area contributed by atoms with E-state index in [1.807, 2.05) is 0 Å². The van der Waals surface area contributed by atoms with Crippen LogP contribution in [-0.4, -0.2) is 24.5 Å². The maximum atomic E-state index is 12.4. The smallest absolute Gasteiger partial charge is 0.416 e. The van der Waals surface area contributed by atoms with Gasteiger partial charge in [-0.2, -0.15) is 13.2 Å². The average molecular weight is 329 g/mol. The van der Waals surface area contributed by atoms with Gasteiger partial charge in [0.05, 0.1) is 11.1 Å². The fraction of sp³-hybridized carbons (Fsp3) is 0.500. The highest BCUT2D eigenvalue weighted by Gasteiger charge is 2.30. The number of halogens is 3. The quantitative estimate of drug-likeness (QED) is 0.862.